The minimum Gasteiger partial charge on any atom is -0.508 e. The fraction of sp³-hybridized carbons (Fsp3) is 0. The molecule has 0 aliphatic rings. The number of aromatic hydroxyl groups is 1. The van der Waals surface area contributed by atoms with Crippen LogP contribution in [0.1, 0.15) is 10.4 Å². The van der Waals surface area contributed by atoms with E-state index in [-0.39, 0.29) is 11.3 Å². The predicted molar refractivity (Wildman–Crippen MR) is 65.5 cm³/mol. The Kier molecular flexibility index (Phi) is 3.59. The number of rotatable bonds is 2. The monoisotopic (exact) mass is 240 g/mol. The molecule has 0 aromatic heterocycles. The maximum absolute atomic E-state index is 11.6. The molecule has 0 saturated heterocycles. The summed E-state index contributed by atoms with van der Waals surface area (Å²) >= 11 is 0. The summed E-state index contributed by atoms with van der Waals surface area (Å²) in [5.74, 6) is -0.540. The molecule has 0 aliphatic heterocycles. The zero-order valence-electron chi connectivity index (χ0n) is 9.39. The summed E-state index contributed by atoms with van der Waals surface area (Å²) in [5, 5.41) is 16.4. The van der Waals surface area contributed by atoms with Gasteiger partial charge in [-0.2, -0.15) is 0 Å². The van der Waals surface area contributed by atoms with Crippen molar-refractivity contribution < 1.29 is 9.90 Å². The minimum atomic E-state index is -0.550. The molecule has 5 heteroatoms. The molecule has 0 radical (unpaired) electrons. The third kappa shape index (κ3) is 3.10. The lowest BCUT2D eigenvalue weighted by Gasteiger charge is -1.91. The Labute approximate surface area is 103 Å². The maximum Gasteiger partial charge on any atom is 0.360 e. The Bertz CT molecular complexity index is 617. The van der Waals surface area contributed by atoms with Crippen molar-refractivity contribution in [2.24, 2.45) is 10.2 Å². The Balaban J connectivity index is 2.15. The molecule has 0 unspecified atom stereocenters. The molecule has 5 nitrogen and oxygen atoms in total. The van der Waals surface area contributed by atoms with Crippen LogP contribution >= 0.6 is 0 Å². The number of hydrogen-bond donors (Lipinski definition) is 1. The molecule has 0 saturated carbocycles. The normalized spacial score (nSPS) is 9.33. The number of carbonyl (C=O) groups is 1. The lowest BCUT2D eigenvalue weighted by Crippen LogP contribution is -1.93. The van der Waals surface area contributed by atoms with Gasteiger partial charge in [-0.05, 0) is 30.3 Å². The Morgan fingerprint density at radius 2 is 1.83 bits per heavy atom. The van der Waals surface area contributed by atoms with Gasteiger partial charge in [-0.25, -0.2) is 0 Å². The number of hydrogen-bond acceptors (Lipinski definition) is 3. The van der Waals surface area contributed by atoms with Crippen molar-refractivity contribution in [2.75, 3.05) is 0 Å². The first kappa shape index (κ1) is 11.7. The minimum absolute atomic E-state index is 0.0102. The molecular weight excluding hydrogens is 230 g/mol. The van der Waals surface area contributed by atoms with Crippen LogP contribution in [0.2, 0.25) is 0 Å². The van der Waals surface area contributed by atoms with E-state index in [1.54, 1.807) is 24.3 Å². The van der Waals surface area contributed by atoms with Gasteiger partial charge in [0.1, 0.15) is 5.75 Å². The lowest BCUT2D eigenvalue weighted by atomic mass is 10.2. The van der Waals surface area contributed by atoms with Crippen LogP contribution < -0.4 is 4.91 Å². The van der Waals surface area contributed by atoms with E-state index in [4.69, 9.17) is 0 Å². The highest BCUT2D eigenvalue weighted by Gasteiger charge is 2.09. The number of benzene rings is 2. The van der Waals surface area contributed by atoms with Crippen LogP contribution in [0.5, 0.6) is 5.75 Å². The van der Waals surface area contributed by atoms with Crippen LogP contribution in [0.15, 0.2) is 64.8 Å². The van der Waals surface area contributed by atoms with E-state index in [0.717, 1.165) is 0 Å². The first-order chi connectivity index (χ1) is 8.75. The van der Waals surface area contributed by atoms with E-state index in [1.807, 2.05) is 18.2 Å². The Hall–Kier alpha value is -2.78. The molecular formula is C13H10N3O2+. The molecule has 2 aromatic rings. The summed E-state index contributed by atoms with van der Waals surface area (Å²) < 4.78 is 0. The quantitative estimate of drug-likeness (QED) is 0.647. The summed E-state index contributed by atoms with van der Waals surface area (Å²) in [6, 6.07) is 14.9. The van der Waals surface area contributed by atoms with Gasteiger partial charge in [-0.15, -0.1) is 0 Å². The second-order valence-electron chi connectivity index (χ2n) is 3.48. The average molecular weight is 240 g/mol. The zero-order chi connectivity index (χ0) is 12.8. The molecule has 88 valence electrons. The van der Waals surface area contributed by atoms with Crippen LogP contribution in [0, 0.1) is 0 Å². The molecule has 0 spiro atoms. The first-order valence-corrected chi connectivity index (χ1v) is 5.26. The van der Waals surface area contributed by atoms with E-state index in [0.29, 0.717) is 5.69 Å². The zero-order valence-corrected chi connectivity index (χ0v) is 9.39. The summed E-state index contributed by atoms with van der Waals surface area (Å²) in [4.78, 5) is 15.0. The van der Waals surface area contributed by atoms with Gasteiger partial charge in [0.15, 0.2) is 10.8 Å². The molecule has 0 fully saturated rings. The number of carbonyl (C=O) groups excluding carboxylic acids is 1. The van der Waals surface area contributed by atoms with Crippen molar-refractivity contribution >= 4 is 11.6 Å². The number of phenolic OH excluding ortho intramolecular Hbond substituents is 1. The van der Waals surface area contributed by atoms with Crippen molar-refractivity contribution in [3.05, 3.63) is 60.2 Å². The number of amides is 1. The van der Waals surface area contributed by atoms with Gasteiger partial charge in [0.25, 0.3) is 0 Å². The second-order valence-corrected chi connectivity index (χ2v) is 3.48. The highest BCUT2D eigenvalue weighted by molar-refractivity contribution is 5.94. The predicted octanol–water partition coefficient (Wildman–Crippen LogP) is 2.84. The summed E-state index contributed by atoms with van der Waals surface area (Å²) in [5.41, 5.74) is 0.881. The Morgan fingerprint density at radius 3 is 2.56 bits per heavy atom. The van der Waals surface area contributed by atoms with Gasteiger partial charge < -0.3 is 5.11 Å². The highest BCUT2D eigenvalue weighted by Crippen LogP contribution is 2.11. The third-order valence-corrected chi connectivity index (χ3v) is 2.15. The molecule has 0 bridgehead atoms. The SMILES string of the molecule is O=C(N=[N+]=Nc1ccccc1)c1cccc(O)c1. The molecule has 1 N–H and O–H groups in total. The maximum atomic E-state index is 11.6. The fourth-order valence-corrected chi connectivity index (χ4v) is 1.31. The standard InChI is InChI=1S/C13H9N3O2/c17-12-8-4-5-10(9-12)13(18)15-16-14-11-6-2-1-3-7-11/h1-9H/p+1. The molecule has 0 aliphatic carbocycles. The van der Waals surface area contributed by atoms with E-state index in [2.05, 4.69) is 15.1 Å². The molecule has 0 heterocycles. The van der Waals surface area contributed by atoms with Crippen LogP contribution in [-0.4, -0.2) is 11.0 Å². The van der Waals surface area contributed by atoms with Crippen molar-refractivity contribution in [2.45, 2.75) is 0 Å². The average Bonchev–Trinajstić information content (AvgIpc) is 2.40. The van der Waals surface area contributed by atoms with Crippen LogP contribution in [-0.2, 0) is 0 Å². The van der Waals surface area contributed by atoms with Crippen LogP contribution in [0.3, 0.4) is 0 Å². The smallest absolute Gasteiger partial charge is 0.360 e. The molecule has 2 rings (SSSR count). The van der Waals surface area contributed by atoms with Gasteiger partial charge in [-0.1, -0.05) is 24.3 Å². The number of phenols is 1. The second kappa shape index (κ2) is 5.52. The van der Waals surface area contributed by atoms with Crippen LogP contribution in [0.25, 0.3) is 0 Å². The van der Waals surface area contributed by atoms with Gasteiger partial charge >= 0.3 is 5.91 Å². The van der Waals surface area contributed by atoms with Gasteiger partial charge in [0.05, 0.1) is 5.56 Å². The molecule has 1 amide bonds. The van der Waals surface area contributed by atoms with E-state index in [1.165, 1.54) is 12.1 Å². The van der Waals surface area contributed by atoms with E-state index >= 15 is 0 Å². The van der Waals surface area contributed by atoms with Gasteiger partial charge in [0, 0.05) is 0 Å². The third-order valence-electron chi connectivity index (χ3n) is 2.15. The highest BCUT2D eigenvalue weighted by atomic mass is 16.3. The van der Waals surface area contributed by atoms with Gasteiger partial charge in [0.2, 0.25) is 10.0 Å². The van der Waals surface area contributed by atoms with Crippen molar-refractivity contribution in [1.29, 1.82) is 0 Å². The van der Waals surface area contributed by atoms with E-state index < -0.39 is 5.91 Å². The molecule has 0 atom stereocenters. The Morgan fingerprint density at radius 1 is 1.06 bits per heavy atom. The van der Waals surface area contributed by atoms with Crippen molar-refractivity contribution in [3.8, 4) is 5.75 Å². The topological polar surface area (TPSA) is 76.1 Å². The van der Waals surface area contributed by atoms with Crippen molar-refractivity contribution in [1.82, 2.24) is 4.91 Å². The van der Waals surface area contributed by atoms with Crippen LogP contribution in [0.4, 0.5) is 5.69 Å². The summed E-state index contributed by atoms with van der Waals surface area (Å²) in [6.07, 6.45) is 0. The molecule has 18 heavy (non-hydrogen) atoms. The van der Waals surface area contributed by atoms with E-state index in [9.17, 15) is 9.90 Å². The summed E-state index contributed by atoms with van der Waals surface area (Å²) in [7, 11) is 0. The van der Waals surface area contributed by atoms with Crippen molar-refractivity contribution in [3.63, 3.8) is 0 Å². The van der Waals surface area contributed by atoms with Gasteiger partial charge in [-0.3, -0.25) is 4.79 Å². The summed E-state index contributed by atoms with van der Waals surface area (Å²) in [6.45, 7) is 0. The fourth-order valence-electron chi connectivity index (χ4n) is 1.31. The first-order valence-electron chi connectivity index (χ1n) is 5.26. The number of nitrogens with zero attached hydrogens (tertiary/aromatic N) is 3. The molecule has 2 aromatic carbocycles. The largest absolute Gasteiger partial charge is 0.508 e. The lowest BCUT2D eigenvalue weighted by molar-refractivity contribution is 0.0992.